The van der Waals surface area contributed by atoms with Gasteiger partial charge in [-0.1, -0.05) is 0 Å². The Hall–Kier alpha value is -3.13. The van der Waals surface area contributed by atoms with Gasteiger partial charge in [0, 0.05) is 16.5 Å². The summed E-state index contributed by atoms with van der Waals surface area (Å²) in [7, 11) is 0. The van der Waals surface area contributed by atoms with E-state index < -0.39 is 0 Å². The molecule has 0 fully saturated rings. The van der Waals surface area contributed by atoms with Gasteiger partial charge in [0.05, 0.1) is 5.69 Å². The zero-order valence-electron chi connectivity index (χ0n) is 14.3. The lowest BCUT2D eigenvalue weighted by Crippen LogP contribution is -2.20. The van der Waals surface area contributed by atoms with E-state index in [-0.39, 0.29) is 25.1 Å². The van der Waals surface area contributed by atoms with E-state index in [4.69, 9.17) is 14.2 Å². The zero-order valence-corrected chi connectivity index (χ0v) is 15.1. The summed E-state index contributed by atoms with van der Waals surface area (Å²) in [6.45, 7) is 1.92. The SMILES string of the molecule is Cc1sc(NC(=O)COc2ccc3c(c2)OCO3)nc1-c1ccc(F)cc1. The third-order valence-electron chi connectivity index (χ3n) is 3.87. The lowest BCUT2D eigenvalue weighted by molar-refractivity contribution is -0.118. The summed E-state index contributed by atoms with van der Waals surface area (Å²) in [6, 6.07) is 11.2. The van der Waals surface area contributed by atoms with Crippen LogP contribution in [0.3, 0.4) is 0 Å². The number of nitrogens with zero attached hydrogens (tertiary/aromatic N) is 1. The van der Waals surface area contributed by atoms with Crippen LogP contribution in [0.4, 0.5) is 9.52 Å². The van der Waals surface area contributed by atoms with Gasteiger partial charge < -0.3 is 14.2 Å². The highest BCUT2D eigenvalue weighted by Crippen LogP contribution is 2.35. The Morgan fingerprint density at radius 1 is 1.22 bits per heavy atom. The number of fused-ring (bicyclic) bond motifs is 1. The summed E-state index contributed by atoms with van der Waals surface area (Å²) in [4.78, 5) is 17.5. The fourth-order valence-electron chi connectivity index (χ4n) is 2.60. The number of nitrogens with one attached hydrogen (secondary N) is 1. The summed E-state index contributed by atoms with van der Waals surface area (Å²) < 4.78 is 29.1. The topological polar surface area (TPSA) is 69.7 Å². The molecule has 1 N–H and O–H groups in total. The first kappa shape index (κ1) is 17.3. The van der Waals surface area contributed by atoms with Crippen molar-refractivity contribution < 1.29 is 23.4 Å². The van der Waals surface area contributed by atoms with Crippen LogP contribution >= 0.6 is 11.3 Å². The van der Waals surface area contributed by atoms with E-state index in [0.717, 1.165) is 10.4 Å². The number of carbonyl (C=O) groups is 1. The number of aromatic nitrogens is 1. The zero-order chi connectivity index (χ0) is 18.8. The molecule has 4 rings (SSSR count). The Kier molecular flexibility index (Phi) is 4.64. The first-order valence-corrected chi connectivity index (χ1v) is 8.96. The molecule has 0 atom stereocenters. The Morgan fingerprint density at radius 2 is 2.00 bits per heavy atom. The molecule has 6 nitrogen and oxygen atoms in total. The number of thiazole rings is 1. The van der Waals surface area contributed by atoms with E-state index in [1.54, 1.807) is 30.3 Å². The molecular formula is C19H15FN2O4S. The van der Waals surface area contributed by atoms with E-state index in [9.17, 15) is 9.18 Å². The number of aryl methyl sites for hydroxylation is 1. The van der Waals surface area contributed by atoms with Crippen LogP contribution in [0.15, 0.2) is 42.5 Å². The minimum absolute atomic E-state index is 0.163. The van der Waals surface area contributed by atoms with Gasteiger partial charge in [-0.15, -0.1) is 11.3 Å². The first-order chi connectivity index (χ1) is 13.1. The average Bonchev–Trinajstić information content (AvgIpc) is 3.26. The number of halogens is 1. The van der Waals surface area contributed by atoms with Crippen molar-refractivity contribution in [3.05, 3.63) is 53.2 Å². The minimum Gasteiger partial charge on any atom is -0.484 e. The fourth-order valence-corrected chi connectivity index (χ4v) is 3.45. The van der Waals surface area contributed by atoms with Crippen molar-refractivity contribution in [3.8, 4) is 28.5 Å². The molecule has 0 saturated carbocycles. The number of ether oxygens (including phenoxy) is 3. The predicted octanol–water partition coefficient (Wildman–Crippen LogP) is 4.00. The number of carbonyl (C=O) groups excluding carboxylic acids is 1. The van der Waals surface area contributed by atoms with Crippen molar-refractivity contribution in [1.82, 2.24) is 4.98 Å². The van der Waals surface area contributed by atoms with E-state index in [0.29, 0.717) is 28.1 Å². The summed E-state index contributed by atoms with van der Waals surface area (Å²) in [5.74, 6) is 1.12. The second kappa shape index (κ2) is 7.24. The third-order valence-corrected chi connectivity index (χ3v) is 4.76. The van der Waals surface area contributed by atoms with Crippen LogP contribution in [0.1, 0.15) is 4.88 Å². The van der Waals surface area contributed by atoms with Crippen LogP contribution in [0, 0.1) is 12.7 Å². The number of hydrogen-bond acceptors (Lipinski definition) is 6. The van der Waals surface area contributed by atoms with E-state index in [2.05, 4.69) is 10.3 Å². The van der Waals surface area contributed by atoms with Crippen molar-refractivity contribution in [3.63, 3.8) is 0 Å². The summed E-state index contributed by atoms with van der Waals surface area (Å²) in [5, 5.41) is 3.18. The molecule has 0 unspecified atom stereocenters. The van der Waals surface area contributed by atoms with Crippen LogP contribution < -0.4 is 19.5 Å². The molecule has 1 aromatic heterocycles. The molecule has 138 valence electrons. The van der Waals surface area contributed by atoms with Crippen molar-refractivity contribution in [2.75, 3.05) is 18.7 Å². The summed E-state index contributed by atoms with van der Waals surface area (Å²) >= 11 is 1.35. The molecule has 0 spiro atoms. The maximum Gasteiger partial charge on any atom is 0.264 e. The van der Waals surface area contributed by atoms with Crippen molar-refractivity contribution in [1.29, 1.82) is 0 Å². The van der Waals surface area contributed by atoms with Gasteiger partial charge in [-0.25, -0.2) is 9.37 Å². The number of amides is 1. The fraction of sp³-hybridized carbons (Fsp3) is 0.158. The molecule has 3 aromatic rings. The molecule has 0 bridgehead atoms. The first-order valence-electron chi connectivity index (χ1n) is 8.14. The largest absolute Gasteiger partial charge is 0.484 e. The highest BCUT2D eigenvalue weighted by Gasteiger charge is 2.15. The maximum atomic E-state index is 13.1. The molecule has 0 radical (unpaired) electrons. The van der Waals surface area contributed by atoms with Gasteiger partial charge in [0.1, 0.15) is 11.6 Å². The van der Waals surface area contributed by atoms with E-state index >= 15 is 0 Å². The minimum atomic E-state index is -0.327. The highest BCUT2D eigenvalue weighted by molar-refractivity contribution is 7.16. The average molecular weight is 386 g/mol. The standard InChI is InChI=1S/C19H15FN2O4S/c1-11-18(12-2-4-13(20)5-3-12)22-19(27-11)21-17(23)9-24-14-6-7-15-16(8-14)26-10-25-15/h2-8H,9-10H2,1H3,(H,21,22,23). The van der Waals surface area contributed by atoms with Gasteiger partial charge in [-0.3, -0.25) is 10.1 Å². The lowest BCUT2D eigenvalue weighted by Gasteiger charge is -2.06. The van der Waals surface area contributed by atoms with Crippen molar-refractivity contribution >= 4 is 22.4 Å². The Morgan fingerprint density at radius 3 is 2.81 bits per heavy atom. The van der Waals surface area contributed by atoms with Gasteiger partial charge in [-0.2, -0.15) is 0 Å². The van der Waals surface area contributed by atoms with Crippen LogP contribution in [0.2, 0.25) is 0 Å². The molecule has 2 aromatic carbocycles. The quantitative estimate of drug-likeness (QED) is 0.718. The highest BCUT2D eigenvalue weighted by atomic mass is 32.1. The van der Waals surface area contributed by atoms with Crippen LogP contribution in [0.5, 0.6) is 17.2 Å². The molecule has 0 saturated heterocycles. The Labute approximate surface area is 158 Å². The Bertz CT molecular complexity index is 988. The Balaban J connectivity index is 1.38. The van der Waals surface area contributed by atoms with Crippen molar-refractivity contribution in [2.24, 2.45) is 0 Å². The van der Waals surface area contributed by atoms with Gasteiger partial charge in [0.15, 0.2) is 23.2 Å². The third kappa shape index (κ3) is 3.85. The molecule has 1 aliphatic heterocycles. The molecule has 1 aliphatic rings. The van der Waals surface area contributed by atoms with Crippen LogP contribution in [0.25, 0.3) is 11.3 Å². The van der Waals surface area contributed by atoms with Crippen molar-refractivity contribution in [2.45, 2.75) is 6.92 Å². The monoisotopic (exact) mass is 386 g/mol. The molecule has 0 aliphatic carbocycles. The second-order valence-corrected chi connectivity index (χ2v) is 6.99. The maximum absolute atomic E-state index is 13.1. The van der Waals surface area contributed by atoms with E-state index in [1.807, 2.05) is 6.92 Å². The second-order valence-electron chi connectivity index (χ2n) is 5.78. The van der Waals surface area contributed by atoms with Crippen LogP contribution in [-0.2, 0) is 4.79 Å². The van der Waals surface area contributed by atoms with Gasteiger partial charge >= 0.3 is 0 Å². The molecule has 27 heavy (non-hydrogen) atoms. The molecule has 1 amide bonds. The van der Waals surface area contributed by atoms with Gasteiger partial charge in [0.25, 0.3) is 5.91 Å². The molecular weight excluding hydrogens is 371 g/mol. The van der Waals surface area contributed by atoms with Crippen LogP contribution in [-0.4, -0.2) is 24.3 Å². The van der Waals surface area contributed by atoms with E-state index in [1.165, 1.54) is 23.5 Å². The number of benzene rings is 2. The van der Waals surface area contributed by atoms with Gasteiger partial charge in [0.2, 0.25) is 6.79 Å². The lowest BCUT2D eigenvalue weighted by atomic mass is 10.1. The number of rotatable bonds is 5. The normalized spacial score (nSPS) is 12.1. The molecule has 2 heterocycles. The number of anilines is 1. The smallest absolute Gasteiger partial charge is 0.264 e. The summed E-state index contributed by atoms with van der Waals surface area (Å²) in [6.07, 6.45) is 0. The predicted molar refractivity (Wildman–Crippen MR) is 98.9 cm³/mol. The summed E-state index contributed by atoms with van der Waals surface area (Å²) in [5.41, 5.74) is 1.51. The number of hydrogen-bond donors (Lipinski definition) is 1. The van der Waals surface area contributed by atoms with Gasteiger partial charge in [-0.05, 0) is 43.3 Å². The molecule has 8 heteroatoms.